The van der Waals surface area contributed by atoms with Crippen molar-refractivity contribution in [1.82, 2.24) is 14.6 Å². The van der Waals surface area contributed by atoms with Gasteiger partial charge in [0.2, 0.25) is 10.0 Å². The lowest BCUT2D eigenvalue weighted by Crippen LogP contribution is -2.43. The molecule has 2 aromatic heterocycles. The van der Waals surface area contributed by atoms with Crippen molar-refractivity contribution in [3.63, 3.8) is 0 Å². The van der Waals surface area contributed by atoms with E-state index in [-0.39, 0.29) is 6.04 Å². The summed E-state index contributed by atoms with van der Waals surface area (Å²) in [6, 6.07) is 3.82. The van der Waals surface area contributed by atoms with E-state index in [1.54, 1.807) is 17.6 Å². The number of likely N-dealkylation sites (tertiary alicyclic amines) is 1. The highest BCUT2D eigenvalue weighted by Gasteiger charge is 2.22. The smallest absolute Gasteiger partial charge is 0.208 e. The van der Waals surface area contributed by atoms with Crippen LogP contribution in [0.4, 0.5) is 0 Å². The minimum absolute atomic E-state index is 0.0559. The van der Waals surface area contributed by atoms with E-state index < -0.39 is 10.0 Å². The van der Waals surface area contributed by atoms with Gasteiger partial charge in [0, 0.05) is 31.1 Å². The summed E-state index contributed by atoms with van der Waals surface area (Å²) in [5, 5.41) is 2.95. The number of hydrogen-bond donors (Lipinski definition) is 1. The Kier molecular flexibility index (Phi) is 4.62. The van der Waals surface area contributed by atoms with E-state index in [2.05, 4.69) is 20.0 Å². The summed E-state index contributed by atoms with van der Waals surface area (Å²) in [7, 11) is -3.11. The van der Waals surface area contributed by atoms with E-state index in [0.29, 0.717) is 0 Å². The zero-order chi connectivity index (χ0) is 15.6. The molecule has 0 atom stereocenters. The number of rotatable bonds is 5. The molecule has 1 saturated heterocycles. The molecular formula is C14H19N3O3S2. The molecule has 22 heavy (non-hydrogen) atoms. The van der Waals surface area contributed by atoms with Gasteiger partial charge in [0.1, 0.15) is 0 Å². The van der Waals surface area contributed by atoms with Crippen LogP contribution in [0.15, 0.2) is 28.2 Å². The van der Waals surface area contributed by atoms with E-state index in [1.807, 2.05) is 12.1 Å². The summed E-state index contributed by atoms with van der Waals surface area (Å²) in [6.07, 6.45) is 4.53. The van der Waals surface area contributed by atoms with Crippen LogP contribution < -0.4 is 4.72 Å². The Morgan fingerprint density at radius 2 is 2.23 bits per heavy atom. The topological polar surface area (TPSA) is 75.4 Å². The fraction of sp³-hybridized carbons (Fsp3) is 0.500. The molecule has 0 radical (unpaired) electrons. The number of thiazole rings is 1. The van der Waals surface area contributed by atoms with Gasteiger partial charge in [-0.25, -0.2) is 18.1 Å². The number of nitrogens with one attached hydrogen (secondary N) is 1. The molecule has 0 amide bonds. The van der Waals surface area contributed by atoms with Gasteiger partial charge in [-0.05, 0) is 25.0 Å². The molecule has 1 aliphatic rings. The molecule has 8 heteroatoms. The molecule has 0 saturated carbocycles. The van der Waals surface area contributed by atoms with Crippen molar-refractivity contribution < 1.29 is 12.8 Å². The molecule has 3 rings (SSSR count). The molecular weight excluding hydrogens is 322 g/mol. The second-order valence-corrected chi connectivity index (χ2v) is 8.20. The summed E-state index contributed by atoms with van der Waals surface area (Å²) < 4.78 is 30.5. The molecule has 1 fully saturated rings. The van der Waals surface area contributed by atoms with Gasteiger partial charge in [0.05, 0.1) is 18.2 Å². The minimum Gasteiger partial charge on any atom is -0.462 e. The average molecular weight is 341 g/mol. The van der Waals surface area contributed by atoms with Gasteiger partial charge in [-0.1, -0.05) is 0 Å². The normalized spacial score (nSPS) is 17.9. The first-order valence-corrected chi connectivity index (χ1v) is 9.95. The Morgan fingerprint density at radius 3 is 2.86 bits per heavy atom. The van der Waals surface area contributed by atoms with Crippen molar-refractivity contribution in [2.24, 2.45) is 0 Å². The first-order valence-electron chi connectivity index (χ1n) is 7.17. The third kappa shape index (κ3) is 4.16. The lowest BCUT2D eigenvalue weighted by Gasteiger charge is -2.31. The zero-order valence-electron chi connectivity index (χ0n) is 12.4. The second kappa shape index (κ2) is 6.49. The maximum absolute atomic E-state index is 11.2. The summed E-state index contributed by atoms with van der Waals surface area (Å²) in [4.78, 5) is 6.90. The molecule has 0 bridgehead atoms. The first kappa shape index (κ1) is 15.7. The van der Waals surface area contributed by atoms with Crippen LogP contribution in [0, 0.1) is 0 Å². The monoisotopic (exact) mass is 341 g/mol. The summed E-state index contributed by atoms with van der Waals surface area (Å²) >= 11 is 1.58. The van der Waals surface area contributed by atoms with Crippen LogP contribution >= 0.6 is 11.3 Å². The molecule has 0 aliphatic carbocycles. The molecule has 2 aromatic rings. The molecule has 3 heterocycles. The molecule has 120 valence electrons. The van der Waals surface area contributed by atoms with Crippen molar-refractivity contribution >= 4 is 21.4 Å². The lowest BCUT2D eigenvalue weighted by molar-refractivity contribution is 0.198. The summed E-state index contributed by atoms with van der Waals surface area (Å²) in [5.74, 6) is 0.798. The van der Waals surface area contributed by atoms with Gasteiger partial charge in [-0.2, -0.15) is 0 Å². The maximum Gasteiger partial charge on any atom is 0.208 e. The number of sulfonamides is 1. The SMILES string of the molecule is CS(=O)(=O)NC1CCN(Cc2csc(-c3ccco3)n2)CC1. The van der Waals surface area contributed by atoms with E-state index in [0.717, 1.165) is 48.9 Å². The van der Waals surface area contributed by atoms with E-state index >= 15 is 0 Å². The van der Waals surface area contributed by atoms with Crippen molar-refractivity contribution in [3.8, 4) is 10.8 Å². The Hall–Kier alpha value is -1.22. The molecule has 1 N–H and O–H groups in total. The fourth-order valence-corrected chi connectivity index (χ4v) is 4.25. The Bertz CT molecular complexity index is 702. The molecule has 6 nitrogen and oxygen atoms in total. The van der Waals surface area contributed by atoms with E-state index in [1.165, 1.54) is 6.26 Å². The van der Waals surface area contributed by atoms with E-state index in [9.17, 15) is 8.42 Å². The third-order valence-electron chi connectivity index (χ3n) is 3.64. The van der Waals surface area contributed by atoms with Crippen molar-refractivity contribution in [2.75, 3.05) is 19.3 Å². The Balaban J connectivity index is 1.53. The average Bonchev–Trinajstić information content (AvgIpc) is 3.10. The van der Waals surface area contributed by atoms with Crippen LogP contribution in [0.2, 0.25) is 0 Å². The third-order valence-corrected chi connectivity index (χ3v) is 5.30. The van der Waals surface area contributed by atoms with Gasteiger partial charge >= 0.3 is 0 Å². The zero-order valence-corrected chi connectivity index (χ0v) is 14.0. The number of nitrogens with zero attached hydrogens (tertiary/aromatic N) is 2. The van der Waals surface area contributed by atoms with Gasteiger partial charge < -0.3 is 4.42 Å². The predicted octanol–water partition coefficient (Wildman–Crippen LogP) is 1.92. The molecule has 0 aromatic carbocycles. The highest BCUT2D eigenvalue weighted by Crippen LogP contribution is 2.25. The van der Waals surface area contributed by atoms with Crippen molar-refractivity contribution in [2.45, 2.75) is 25.4 Å². The van der Waals surface area contributed by atoms with Crippen LogP contribution in [0.3, 0.4) is 0 Å². The number of piperidine rings is 1. The van der Waals surface area contributed by atoms with Gasteiger partial charge in [0.15, 0.2) is 10.8 Å². The second-order valence-electron chi connectivity index (χ2n) is 5.56. The quantitative estimate of drug-likeness (QED) is 0.899. The van der Waals surface area contributed by atoms with Crippen LogP contribution in [0.25, 0.3) is 10.8 Å². The number of aromatic nitrogens is 1. The van der Waals surface area contributed by atoms with Crippen LogP contribution in [-0.4, -0.2) is 43.7 Å². The number of furan rings is 1. The predicted molar refractivity (Wildman–Crippen MR) is 86.1 cm³/mol. The first-order chi connectivity index (χ1) is 10.5. The maximum atomic E-state index is 11.2. The largest absolute Gasteiger partial charge is 0.462 e. The Morgan fingerprint density at radius 1 is 1.45 bits per heavy atom. The highest BCUT2D eigenvalue weighted by molar-refractivity contribution is 7.88. The van der Waals surface area contributed by atoms with Gasteiger partial charge in [-0.3, -0.25) is 4.90 Å². The summed E-state index contributed by atoms with van der Waals surface area (Å²) in [5.41, 5.74) is 1.03. The molecule has 1 aliphatic heterocycles. The Labute approximate surface area is 134 Å². The molecule has 0 unspecified atom stereocenters. The van der Waals surface area contributed by atoms with Crippen molar-refractivity contribution in [1.29, 1.82) is 0 Å². The lowest BCUT2D eigenvalue weighted by atomic mass is 10.1. The van der Waals surface area contributed by atoms with Gasteiger partial charge in [-0.15, -0.1) is 11.3 Å². The van der Waals surface area contributed by atoms with Crippen LogP contribution in [0.5, 0.6) is 0 Å². The van der Waals surface area contributed by atoms with Crippen LogP contribution in [0.1, 0.15) is 18.5 Å². The van der Waals surface area contributed by atoms with Gasteiger partial charge in [0.25, 0.3) is 0 Å². The standard InChI is InChI=1S/C14H19N3O3S2/c1-22(18,19)16-11-4-6-17(7-5-11)9-12-10-21-14(15-12)13-3-2-8-20-13/h2-3,8,10-11,16H,4-7,9H2,1H3. The van der Waals surface area contributed by atoms with E-state index in [4.69, 9.17) is 4.42 Å². The summed E-state index contributed by atoms with van der Waals surface area (Å²) in [6.45, 7) is 2.55. The minimum atomic E-state index is -3.11. The highest BCUT2D eigenvalue weighted by atomic mass is 32.2. The van der Waals surface area contributed by atoms with Crippen molar-refractivity contribution in [3.05, 3.63) is 29.5 Å². The number of hydrogen-bond acceptors (Lipinski definition) is 6. The fourth-order valence-electron chi connectivity index (χ4n) is 2.63. The van der Waals surface area contributed by atoms with Crippen LogP contribution in [-0.2, 0) is 16.6 Å². The molecule has 0 spiro atoms.